The largest absolute Gasteiger partial charge is 0.478 e. The summed E-state index contributed by atoms with van der Waals surface area (Å²) in [6.45, 7) is 0. The highest BCUT2D eigenvalue weighted by Gasteiger charge is 2.37. The van der Waals surface area contributed by atoms with E-state index in [1.807, 2.05) is 5.32 Å². The second-order valence-corrected chi connectivity index (χ2v) is 8.73. The minimum absolute atomic E-state index is 0.0389. The zero-order chi connectivity index (χ0) is 25.9. The lowest BCUT2D eigenvalue weighted by molar-refractivity contribution is 0.0684. The normalized spacial score (nSPS) is 10.9. The topological polar surface area (TPSA) is 210 Å². The van der Waals surface area contributed by atoms with E-state index in [2.05, 4.69) is 9.97 Å². The number of anilines is 1. The van der Waals surface area contributed by atoms with Crippen molar-refractivity contribution in [1.29, 1.82) is 0 Å². The van der Waals surface area contributed by atoms with Crippen molar-refractivity contribution in [1.82, 2.24) is 14.3 Å². The number of sulfonamides is 1. The van der Waals surface area contributed by atoms with E-state index in [0.717, 1.165) is 12.1 Å². The predicted octanol–water partition coefficient (Wildman–Crippen LogP) is 2.49. The van der Waals surface area contributed by atoms with Crippen LogP contribution in [0.2, 0.25) is 5.15 Å². The molecule has 3 rings (SSSR count). The SMILES string of the molecule is NC(=O)N(C(=O)Nc1nc(Cl)cc(-c2ccccc2C(=O)O)n1)S(=O)(=O)c1ccccc1C(=O)O. The molecule has 0 aliphatic heterocycles. The second-order valence-electron chi connectivity index (χ2n) is 6.59. The average Bonchev–Trinajstić information content (AvgIpc) is 2.78. The first kappa shape index (κ1) is 25.1. The van der Waals surface area contributed by atoms with E-state index in [0.29, 0.717) is 0 Å². The molecule has 0 atom stereocenters. The van der Waals surface area contributed by atoms with E-state index < -0.39 is 54.7 Å². The zero-order valence-corrected chi connectivity index (χ0v) is 18.8. The van der Waals surface area contributed by atoms with Crippen LogP contribution in [-0.4, -0.2) is 56.9 Å². The van der Waals surface area contributed by atoms with Crippen molar-refractivity contribution in [3.05, 3.63) is 70.9 Å². The number of nitrogens with two attached hydrogens (primary N) is 1. The molecule has 5 N–H and O–H groups in total. The molecule has 0 aliphatic carbocycles. The van der Waals surface area contributed by atoms with Crippen LogP contribution in [0.3, 0.4) is 0 Å². The smallest absolute Gasteiger partial charge is 0.346 e. The van der Waals surface area contributed by atoms with Gasteiger partial charge in [-0.05, 0) is 18.2 Å². The van der Waals surface area contributed by atoms with Crippen molar-refractivity contribution in [2.45, 2.75) is 4.90 Å². The standard InChI is InChI=1S/C20H14ClN5O8S/c21-15-9-13(10-5-1-2-6-11(10)16(27)28)23-19(24-15)25-20(32)26(18(22)31)35(33,34)14-8-4-3-7-12(14)17(29)30/h1-9H,(H2,22,31)(H,27,28)(H,29,30)(H,23,24,25,32). The fraction of sp³-hybridized carbons (Fsp3) is 0. The number of benzene rings is 2. The maximum absolute atomic E-state index is 13.0. The van der Waals surface area contributed by atoms with Crippen LogP contribution >= 0.6 is 11.6 Å². The highest BCUT2D eigenvalue weighted by atomic mass is 35.5. The van der Waals surface area contributed by atoms with Gasteiger partial charge in [-0.25, -0.2) is 37.6 Å². The Bertz CT molecular complexity index is 1480. The van der Waals surface area contributed by atoms with Gasteiger partial charge in [0.25, 0.3) is 10.0 Å². The van der Waals surface area contributed by atoms with E-state index >= 15 is 0 Å². The lowest BCUT2D eigenvalue weighted by Gasteiger charge is -2.19. The second kappa shape index (κ2) is 9.74. The van der Waals surface area contributed by atoms with Crippen molar-refractivity contribution < 1.29 is 37.8 Å². The number of amides is 4. The number of carboxylic acids is 2. The molecule has 0 fully saturated rings. The van der Waals surface area contributed by atoms with Crippen LogP contribution in [0, 0.1) is 0 Å². The molecule has 1 aromatic heterocycles. The van der Waals surface area contributed by atoms with Crippen molar-refractivity contribution in [3.8, 4) is 11.3 Å². The Hall–Kier alpha value is -4.56. The van der Waals surface area contributed by atoms with Gasteiger partial charge in [0.1, 0.15) is 10.0 Å². The number of halogens is 1. The van der Waals surface area contributed by atoms with Gasteiger partial charge in [-0.3, -0.25) is 5.32 Å². The van der Waals surface area contributed by atoms with Crippen LogP contribution < -0.4 is 11.1 Å². The van der Waals surface area contributed by atoms with Crippen LogP contribution in [0.25, 0.3) is 11.3 Å². The van der Waals surface area contributed by atoms with Gasteiger partial charge in [-0.1, -0.05) is 41.9 Å². The lowest BCUT2D eigenvalue weighted by Crippen LogP contribution is -2.47. The summed E-state index contributed by atoms with van der Waals surface area (Å²) >= 11 is 5.96. The molecule has 1 heterocycles. The van der Waals surface area contributed by atoms with E-state index in [1.165, 1.54) is 42.5 Å². The van der Waals surface area contributed by atoms with Crippen molar-refractivity contribution in [2.75, 3.05) is 5.32 Å². The number of primary amides is 1. The monoisotopic (exact) mass is 519 g/mol. The number of hydrogen-bond acceptors (Lipinski definition) is 8. The number of nitrogens with one attached hydrogen (secondary N) is 1. The summed E-state index contributed by atoms with van der Waals surface area (Å²) in [4.78, 5) is 54.5. The summed E-state index contributed by atoms with van der Waals surface area (Å²) in [5.41, 5.74) is 4.32. The molecule has 2 aromatic carbocycles. The molecular formula is C20H14ClN5O8S. The summed E-state index contributed by atoms with van der Waals surface area (Å²) in [5.74, 6) is -3.50. The highest BCUT2D eigenvalue weighted by Crippen LogP contribution is 2.26. The molecule has 0 unspecified atom stereocenters. The van der Waals surface area contributed by atoms with Crippen LogP contribution in [-0.2, 0) is 10.0 Å². The number of carbonyl (C=O) groups is 4. The number of rotatable bonds is 6. The minimum atomic E-state index is -5.09. The number of carbonyl (C=O) groups excluding carboxylic acids is 2. The predicted molar refractivity (Wildman–Crippen MR) is 120 cm³/mol. The highest BCUT2D eigenvalue weighted by molar-refractivity contribution is 7.90. The molecule has 0 radical (unpaired) electrons. The molecular weight excluding hydrogens is 506 g/mol. The first-order valence-electron chi connectivity index (χ1n) is 9.29. The number of aromatic nitrogens is 2. The lowest BCUT2D eigenvalue weighted by atomic mass is 10.0. The number of hydrogen-bond donors (Lipinski definition) is 4. The first-order chi connectivity index (χ1) is 16.4. The van der Waals surface area contributed by atoms with Gasteiger partial charge in [0.15, 0.2) is 0 Å². The van der Waals surface area contributed by atoms with Gasteiger partial charge in [0.05, 0.1) is 16.8 Å². The maximum Gasteiger partial charge on any atom is 0.346 e. The molecule has 15 heteroatoms. The summed E-state index contributed by atoms with van der Waals surface area (Å²) < 4.78 is 25.6. The van der Waals surface area contributed by atoms with E-state index in [4.69, 9.17) is 17.3 Å². The summed E-state index contributed by atoms with van der Waals surface area (Å²) in [6.07, 6.45) is 0. The number of carboxylic acid groups (broad SMARTS) is 2. The fourth-order valence-electron chi connectivity index (χ4n) is 2.95. The Morgan fingerprint density at radius 3 is 2.09 bits per heavy atom. The third-order valence-corrected chi connectivity index (χ3v) is 6.30. The fourth-order valence-corrected chi connectivity index (χ4v) is 4.51. The van der Waals surface area contributed by atoms with Gasteiger partial charge in [-0.15, -0.1) is 4.31 Å². The van der Waals surface area contributed by atoms with Crippen molar-refractivity contribution in [2.24, 2.45) is 5.73 Å². The maximum atomic E-state index is 13.0. The summed E-state index contributed by atoms with van der Waals surface area (Å²) in [6, 6.07) is 7.78. The van der Waals surface area contributed by atoms with E-state index in [1.54, 1.807) is 0 Å². The van der Waals surface area contributed by atoms with Crippen molar-refractivity contribution >= 4 is 51.6 Å². The zero-order valence-electron chi connectivity index (χ0n) is 17.2. The number of nitrogens with zero attached hydrogens (tertiary/aromatic N) is 3. The quantitative estimate of drug-likeness (QED) is 0.349. The number of urea groups is 2. The molecule has 4 amide bonds. The summed E-state index contributed by atoms with van der Waals surface area (Å²) in [7, 11) is -5.09. The van der Waals surface area contributed by atoms with Gasteiger partial charge in [-0.2, -0.15) is 0 Å². The molecule has 0 saturated carbocycles. The third kappa shape index (κ3) is 5.18. The third-order valence-electron chi connectivity index (χ3n) is 4.37. The van der Waals surface area contributed by atoms with Gasteiger partial charge in [0.2, 0.25) is 5.95 Å². The van der Waals surface area contributed by atoms with Crippen LogP contribution in [0.1, 0.15) is 20.7 Å². The molecule has 13 nitrogen and oxygen atoms in total. The van der Waals surface area contributed by atoms with E-state index in [9.17, 15) is 37.8 Å². The Morgan fingerprint density at radius 2 is 1.49 bits per heavy atom. The van der Waals surface area contributed by atoms with Gasteiger partial charge in [0, 0.05) is 11.6 Å². The minimum Gasteiger partial charge on any atom is -0.478 e. The molecule has 0 bridgehead atoms. The molecule has 0 spiro atoms. The molecule has 3 aromatic rings. The molecule has 180 valence electrons. The Balaban J connectivity index is 2.03. The first-order valence-corrected chi connectivity index (χ1v) is 11.1. The molecule has 0 saturated heterocycles. The Labute approximate surface area is 201 Å². The number of aromatic carboxylic acids is 2. The van der Waals surface area contributed by atoms with Crippen molar-refractivity contribution in [3.63, 3.8) is 0 Å². The Kier molecular flexibility index (Phi) is 6.98. The summed E-state index contributed by atoms with van der Waals surface area (Å²) in [5, 5.41) is 20.4. The van der Waals surface area contributed by atoms with Gasteiger partial charge < -0.3 is 15.9 Å². The molecule has 0 aliphatic rings. The molecule has 35 heavy (non-hydrogen) atoms. The number of imide groups is 1. The van der Waals surface area contributed by atoms with Crippen LogP contribution in [0.4, 0.5) is 15.5 Å². The van der Waals surface area contributed by atoms with Crippen LogP contribution in [0.15, 0.2) is 59.5 Å². The van der Waals surface area contributed by atoms with Crippen LogP contribution in [0.5, 0.6) is 0 Å². The Morgan fingerprint density at radius 1 is 0.914 bits per heavy atom. The van der Waals surface area contributed by atoms with E-state index in [-0.39, 0.29) is 22.0 Å². The average molecular weight is 520 g/mol. The van der Waals surface area contributed by atoms with Gasteiger partial charge >= 0.3 is 24.0 Å².